The first-order chi connectivity index (χ1) is 12.7. The molecule has 0 spiro atoms. The molecule has 1 heterocycles. The van der Waals surface area contributed by atoms with Crippen LogP contribution in [-0.4, -0.2) is 30.7 Å². The van der Waals surface area contributed by atoms with Crippen LogP contribution in [0.5, 0.6) is 0 Å². The zero-order valence-corrected chi connectivity index (χ0v) is 15.8. The number of hydrogen-bond acceptors (Lipinski definition) is 6. The molecule has 1 amide bonds. The van der Waals surface area contributed by atoms with Gasteiger partial charge in [0.05, 0.1) is 6.26 Å². The molecule has 0 aliphatic carbocycles. The lowest BCUT2D eigenvalue weighted by molar-refractivity contribution is -0.114. The van der Waals surface area contributed by atoms with Gasteiger partial charge >= 0.3 is 0 Å². The maximum atomic E-state index is 11.3. The molecule has 9 heteroatoms. The van der Waals surface area contributed by atoms with Crippen LogP contribution < -0.4 is 10.0 Å². The molecule has 0 bridgehead atoms. The highest BCUT2D eigenvalue weighted by atomic mass is 32.2. The van der Waals surface area contributed by atoms with E-state index in [2.05, 4.69) is 20.2 Å². The van der Waals surface area contributed by atoms with E-state index in [9.17, 15) is 13.2 Å². The molecule has 2 aromatic carbocycles. The Kier molecular flexibility index (Phi) is 4.95. The van der Waals surface area contributed by atoms with E-state index in [1.807, 2.05) is 13.0 Å². The number of aromatic nitrogens is 2. The van der Waals surface area contributed by atoms with Gasteiger partial charge in [-0.25, -0.2) is 8.42 Å². The fourth-order valence-electron chi connectivity index (χ4n) is 2.54. The van der Waals surface area contributed by atoms with Gasteiger partial charge in [0.25, 0.3) is 5.89 Å². The molecule has 8 nitrogen and oxygen atoms in total. The van der Waals surface area contributed by atoms with E-state index >= 15 is 0 Å². The number of rotatable bonds is 5. The van der Waals surface area contributed by atoms with Gasteiger partial charge in [-0.2, -0.15) is 4.98 Å². The smallest absolute Gasteiger partial charge is 0.258 e. The van der Waals surface area contributed by atoms with Crippen molar-refractivity contribution in [3.63, 3.8) is 0 Å². The third-order valence-electron chi connectivity index (χ3n) is 3.75. The maximum Gasteiger partial charge on any atom is 0.258 e. The second kappa shape index (κ2) is 7.20. The van der Waals surface area contributed by atoms with Crippen molar-refractivity contribution in [1.82, 2.24) is 10.1 Å². The highest BCUT2D eigenvalue weighted by Crippen LogP contribution is 2.29. The Hall–Kier alpha value is -3.20. The number of sulfonamides is 1. The number of nitrogens with zero attached hydrogens (tertiary/aromatic N) is 2. The molecule has 3 aromatic rings. The second-order valence-corrected chi connectivity index (χ2v) is 7.78. The number of carbonyl (C=O) groups is 1. The molecule has 3 rings (SSSR count). The summed E-state index contributed by atoms with van der Waals surface area (Å²) in [4.78, 5) is 15.7. The van der Waals surface area contributed by atoms with Gasteiger partial charge < -0.3 is 9.84 Å². The van der Waals surface area contributed by atoms with Gasteiger partial charge in [0.2, 0.25) is 21.8 Å². The van der Waals surface area contributed by atoms with Crippen LogP contribution in [-0.2, 0) is 14.8 Å². The van der Waals surface area contributed by atoms with Crippen LogP contribution in [0.15, 0.2) is 47.0 Å². The first-order valence-corrected chi connectivity index (χ1v) is 9.91. The molecule has 0 saturated carbocycles. The second-order valence-electron chi connectivity index (χ2n) is 6.03. The zero-order valence-electron chi connectivity index (χ0n) is 15.0. The molecule has 140 valence electrons. The molecule has 0 unspecified atom stereocenters. The Morgan fingerprint density at radius 1 is 1.11 bits per heavy atom. The monoisotopic (exact) mass is 386 g/mol. The average molecular weight is 386 g/mol. The van der Waals surface area contributed by atoms with E-state index < -0.39 is 10.0 Å². The Morgan fingerprint density at radius 3 is 2.44 bits per heavy atom. The van der Waals surface area contributed by atoms with E-state index in [1.54, 1.807) is 36.4 Å². The molecule has 0 aliphatic heterocycles. The van der Waals surface area contributed by atoms with Crippen molar-refractivity contribution in [3.05, 3.63) is 48.0 Å². The largest absolute Gasteiger partial charge is 0.334 e. The summed E-state index contributed by atoms with van der Waals surface area (Å²) in [6.07, 6.45) is 1.09. The van der Waals surface area contributed by atoms with Crippen LogP contribution in [0.25, 0.3) is 22.8 Å². The SMILES string of the molecule is CC(=O)Nc1cccc(-c2nc(-c3ccc(NS(C)(=O)=O)cc3)no2)c1C. The summed E-state index contributed by atoms with van der Waals surface area (Å²) >= 11 is 0. The lowest BCUT2D eigenvalue weighted by Gasteiger charge is -2.08. The van der Waals surface area contributed by atoms with Crippen LogP contribution >= 0.6 is 0 Å². The highest BCUT2D eigenvalue weighted by molar-refractivity contribution is 7.92. The van der Waals surface area contributed by atoms with Crippen LogP contribution in [0.2, 0.25) is 0 Å². The average Bonchev–Trinajstić information content (AvgIpc) is 3.05. The van der Waals surface area contributed by atoms with Gasteiger partial charge in [-0.05, 0) is 48.9 Å². The molecule has 2 N–H and O–H groups in total. The first kappa shape index (κ1) is 18.6. The number of carbonyl (C=O) groups excluding carboxylic acids is 1. The maximum absolute atomic E-state index is 11.3. The van der Waals surface area contributed by atoms with Crippen molar-refractivity contribution in [2.75, 3.05) is 16.3 Å². The number of anilines is 2. The summed E-state index contributed by atoms with van der Waals surface area (Å²) in [6.45, 7) is 3.30. The lowest BCUT2D eigenvalue weighted by Crippen LogP contribution is -2.09. The first-order valence-electron chi connectivity index (χ1n) is 8.02. The van der Waals surface area contributed by atoms with Crippen molar-refractivity contribution in [2.45, 2.75) is 13.8 Å². The number of nitrogens with one attached hydrogen (secondary N) is 2. The minimum atomic E-state index is -3.33. The fourth-order valence-corrected chi connectivity index (χ4v) is 3.11. The molecular weight excluding hydrogens is 368 g/mol. The van der Waals surface area contributed by atoms with Gasteiger partial charge in [-0.3, -0.25) is 9.52 Å². The molecule has 0 radical (unpaired) electrons. The Labute approximate surface area is 156 Å². The van der Waals surface area contributed by atoms with Gasteiger partial charge in [0, 0.05) is 29.4 Å². The highest BCUT2D eigenvalue weighted by Gasteiger charge is 2.15. The van der Waals surface area contributed by atoms with Gasteiger partial charge in [0.1, 0.15) is 0 Å². The van der Waals surface area contributed by atoms with E-state index in [-0.39, 0.29) is 5.91 Å². The standard InChI is InChI=1S/C18H18N4O4S/c1-11-15(5-4-6-16(11)19-12(2)23)18-20-17(21-26-18)13-7-9-14(10-8-13)22-27(3,24)25/h4-10,22H,1-3H3,(H,19,23). The Balaban J connectivity index is 1.88. The third-order valence-corrected chi connectivity index (χ3v) is 4.35. The summed E-state index contributed by atoms with van der Waals surface area (Å²) in [5.41, 5.74) is 3.34. The summed E-state index contributed by atoms with van der Waals surface area (Å²) in [6, 6.07) is 12.1. The predicted molar refractivity (Wildman–Crippen MR) is 103 cm³/mol. The lowest BCUT2D eigenvalue weighted by atomic mass is 10.1. The van der Waals surface area contributed by atoms with E-state index in [4.69, 9.17) is 4.52 Å². The number of amides is 1. The zero-order chi connectivity index (χ0) is 19.6. The van der Waals surface area contributed by atoms with Crippen molar-refractivity contribution in [3.8, 4) is 22.8 Å². The van der Waals surface area contributed by atoms with Crippen molar-refractivity contribution < 1.29 is 17.7 Å². The summed E-state index contributed by atoms with van der Waals surface area (Å²) < 4.78 is 30.3. The van der Waals surface area contributed by atoms with E-state index in [0.717, 1.165) is 17.4 Å². The Morgan fingerprint density at radius 2 is 1.81 bits per heavy atom. The number of benzene rings is 2. The van der Waals surface area contributed by atoms with Crippen LogP contribution in [0, 0.1) is 6.92 Å². The predicted octanol–water partition coefficient (Wildman–Crippen LogP) is 3.04. The quantitative estimate of drug-likeness (QED) is 0.697. The topological polar surface area (TPSA) is 114 Å². The minimum absolute atomic E-state index is 0.163. The normalized spacial score (nSPS) is 11.2. The number of hydrogen-bond donors (Lipinski definition) is 2. The van der Waals surface area contributed by atoms with Crippen molar-refractivity contribution in [2.24, 2.45) is 0 Å². The van der Waals surface area contributed by atoms with Crippen molar-refractivity contribution >= 4 is 27.3 Å². The molecular formula is C18H18N4O4S. The van der Waals surface area contributed by atoms with Crippen LogP contribution in [0.1, 0.15) is 12.5 Å². The molecule has 0 atom stereocenters. The Bertz CT molecular complexity index is 1090. The summed E-state index contributed by atoms with van der Waals surface area (Å²) in [5.74, 6) is 0.539. The van der Waals surface area contributed by atoms with E-state index in [0.29, 0.717) is 28.7 Å². The van der Waals surface area contributed by atoms with Gasteiger partial charge in [-0.15, -0.1) is 0 Å². The van der Waals surface area contributed by atoms with Crippen LogP contribution in [0.3, 0.4) is 0 Å². The van der Waals surface area contributed by atoms with Crippen LogP contribution in [0.4, 0.5) is 11.4 Å². The third kappa shape index (κ3) is 4.50. The summed E-state index contributed by atoms with van der Waals surface area (Å²) in [5, 5.41) is 6.75. The minimum Gasteiger partial charge on any atom is -0.334 e. The molecule has 0 saturated heterocycles. The molecule has 0 fully saturated rings. The van der Waals surface area contributed by atoms with Gasteiger partial charge in [-0.1, -0.05) is 11.2 Å². The van der Waals surface area contributed by atoms with Gasteiger partial charge in [0.15, 0.2) is 0 Å². The van der Waals surface area contributed by atoms with E-state index in [1.165, 1.54) is 6.92 Å². The summed E-state index contributed by atoms with van der Waals surface area (Å²) in [7, 11) is -3.33. The fraction of sp³-hybridized carbons (Fsp3) is 0.167. The molecule has 1 aromatic heterocycles. The molecule has 0 aliphatic rings. The molecule has 27 heavy (non-hydrogen) atoms. The van der Waals surface area contributed by atoms with Crippen molar-refractivity contribution in [1.29, 1.82) is 0 Å².